The maximum absolute atomic E-state index is 13.2. The Bertz CT molecular complexity index is 1100. The standard InChI is InChI=1S/C25H32ClN5O7/c26-16-9-10-17-21(24(35)31(17)22(16)25(36)37)29-23(34)20(15-7-3-1-4-8-15)28-18(32)11-12-19(33)30(38)14-6-2-5-13-27/h1,3-4,7-8,17,20-21,38H,2,5-6,9-14,27H2,(H,28,32)(H,29,34)(H,36,37)/t17-,20-,21+/m1/s1. The predicted molar refractivity (Wildman–Crippen MR) is 135 cm³/mol. The molecule has 6 N–H and O–H groups in total. The van der Waals surface area contributed by atoms with E-state index in [-0.39, 0.29) is 36.5 Å². The van der Waals surface area contributed by atoms with E-state index in [4.69, 9.17) is 17.3 Å². The minimum Gasteiger partial charge on any atom is -0.477 e. The average Bonchev–Trinajstić information content (AvgIpc) is 2.91. The van der Waals surface area contributed by atoms with Gasteiger partial charge < -0.3 is 21.5 Å². The number of carbonyl (C=O) groups is 5. The Morgan fingerprint density at radius 1 is 1.13 bits per heavy atom. The lowest BCUT2D eigenvalue weighted by Gasteiger charge is -2.49. The average molecular weight is 550 g/mol. The molecule has 206 valence electrons. The summed E-state index contributed by atoms with van der Waals surface area (Å²) in [7, 11) is 0. The van der Waals surface area contributed by atoms with E-state index in [1.54, 1.807) is 30.3 Å². The molecule has 2 aliphatic rings. The highest BCUT2D eigenvalue weighted by molar-refractivity contribution is 6.32. The number of aliphatic carboxylic acids is 1. The van der Waals surface area contributed by atoms with Gasteiger partial charge in [-0.15, -0.1) is 0 Å². The summed E-state index contributed by atoms with van der Waals surface area (Å²) in [5.74, 6) is -3.79. The fourth-order valence-electron chi connectivity index (χ4n) is 4.49. The van der Waals surface area contributed by atoms with Gasteiger partial charge >= 0.3 is 5.97 Å². The van der Waals surface area contributed by atoms with Gasteiger partial charge in [-0.2, -0.15) is 0 Å². The van der Waals surface area contributed by atoms with Gasteiger partial charge in [0.15, 0.2) is 0 Å². The smallest absolute Gasteiger partial charge is 0.353 e. The molecule has 0 aromatic heterocycles. The first kappa shape index (κ1) is 29.1. The molecule has 4 amide bonds. The Kier molecular flexibility index (Phi) is 10.2. The second-order valence-corrected chi connectivity index (χ2v) is 9.59. The normalized spacial score (nSPS) is 19.2. The number of benzene rings is 1. The van der Waals surface area contributed by atoms with Crippen molar-refractivity contribution in [3.05, 3.63) is 46.6 Å². The number of carboxylic acids is 1. The number of amides is 4. The highest BCUT2D eigenvalue weighted by Gasteiger charge is 2.53. The Morgan fingerprint density at radius 2 is 1.84 bits per heavy atom. The lowest BCUT2D eigenvalue weighted by Crippen LogP contribution is -2.72. The molecule has 0 aliphatic carbocycles. The molecular formula is C25H32ClN5O7. The summed E-state index contributed by atoms with van der Waals surface area (Å²) in [6, 6.07) is 5.68. The predicted octanol–water partition coefficient (Wildman–Crippen LogP) is 0.995. The van der Waals surface area contributed by atoms with Gasteiger partial charge in [0, 0.05) is 24.4 Å². The van der Waals surface area contributed by atoms with Crippen LogP contribution < -0.4 is 16.4 Å². The van der Waals surface area contributed by atoms with E-state index in [1.807, 2.05) is 0 Å². The summed E-state index contributed by atoms with van der Waals surface area (Å²) >= 11 is 6.01. The maximum atomic E-state index is 13.2. The van der Waals surface area contributed by atoms with Crippen LogP contribution in [0.25, 0.3) is 0 Å². The molecule has 1 saturated heterocycles. The van der Waals surface area contributed by atoms with E-state index in [0.717, 1.165) is 17.7 Å². The van der Waals surface area contributed by atoms with Crippen molar-refractivity contribution in [1.29, 1.82) is 0 Å². The van der Waals surface area contributed by atoms with Crippen LogP contribution in [0.2, 0.25) is 0 Å². The van der Waals surface area contributed by atoms with Crippen LogP contribution in [0.3, 0.4) is 0 Å². The van der Waals surface area contributed by atoms with Crippen LogP contribution in [0.1, 0.15) is 56.6 Å². The maximum Gasteiger partial charge on any atom is 0.353 e. The third-order valence-electron chi connectivity index (χ3n) is 6.51. The van der Waals surface area contributed by atoms with Crippen molar-refractivity contribution in [3.63, 3.8) is 0 Å². The van der Waals surface area contributed by atoms with Crippen molar-refractivity contribution >= 4 is 41.2 Å². The summed E-state index contributed by atoms with van der Waals surface area (Å²) in [5.41, 5.74) is 5.59. The monoisotopic (exact) mass is 549 g/mol. The Morgan fingerprint density at radius 3 is 2.50 bits per heavy atom. The summed E-state index contributed by atoms with van der Waals surface area (Å²) in [4.78, 5) is 63.4. The number of carboxylic acid groups (broad SMARTS) is 1. The first-order chi connectivity index (χ1) is 18.1. The van der Waals surface area contributed by atoms with E-state index in [0.29, 0.717) is 30.0 Å². The summed E-state index contributed by atoms with van der Waals surface area (Å²) in [6.45, 7) is 0.658. The van der Waals surface area contributed by atoms with Gasteiger partial charge in [-0.25, -0.2) is 9.86 Å². The topological polar surface area (TPSA) is 182 Å². The molecule has 0 unspecified atom stereocenters. The van der Waals surface area contributed by atoms with E-state index in [9.17, 15) is 34.3 Å². The number of halogens is 1. The van der Waals surface area contributed by atoms with Crippen LogP contribution in [0.4, 0.5) is 0 Å². The molecule has 2 aliphatic heterocycles. The Balaban J connectivity index is 1.61. The van der Waals surface area contributed by atoms with Crippen molar-refractivity contribution in [2.75, 3.05) is 13.1 Å². The van der Waals surface area contributed by atoms with E-state index in [1.165, 1.54) is 0 Å². The summed E-state index contributed by atoms with van der Waals surface area (Å²) in [6.07, 6.45) is 2.23. The number of allylic oxidation sites excluding steroid dienone is 1. The molecule has 1 aromatic carbocycles. The van der Waals surface area contributed by atoms with Gasteiger partial charge in [-0.3, -0.25) is 29.3 Å². The second kappa shape index (κ2) is 13.4. The number of β-lactam (4-membered cyclic amide) rings is 1. The lowest BCUT2D eigenvalue weighted by atomic mass is 9.86. The van der Waals surface area contributed by atoms with Gasteiger partial charge in [0.2, 0.25) is 17.7 Å². The molecule has 1 fully saturated rings. The minimum atomic E-state index is -1.32. The van der Waals surface area contributed by atoms with E-state index < -0.39 is 47.7 Å². The summed E-state index contributed by atoms with van der Waals surface area (Å²) in [5, 5.41) is 25.2. The number of nitrogens with two attached hydrogens (primary N) is 1. The number of carbonyl (C=O) groups excluding carboxylic acids is 4. The first-order valence-corrected chi connectivity index (χ1v) is 12.8. The zero-order valence-electron chi connectivity index (χ0n) is 20.8. The van der Waals surface area contributed by atoms with Gasteiger partial charge in [-0.05, 0) is 37.8 Å². The third kappa shape index (κ3) is 6.88. The molecule has 0 saturated carbocycles. The zero-order valence-corrected chi connectivity index (χ0v) is 21.5. The number of nitrogens with one attached hydrogen (secondary N) is 2. The van der Waals surface area contributed by atoms with Gasteiger partial charge in [0.25, 0.3) is 5.91 Å². The highest BCUT2D eigenvalue weighted by Crippen LogP contribution is 2.38. The number of hydrogen-bond donors (Lipinski definition) is 5. The number of nitrogens with zero attached hydrogens (tertiary/aromatic N) is 2. The van der Waals surface area contributed by atoms with Crippen LogP contribution >= 0.6 is 11.6 Å². The molecule has 0 spiro atoms. The first-order valence-electron chi connectivity index (χ1n) is 12.4. The molecule has 13 heteroatoms. The molecule has 2 heterocycles. The van der Waals surface area contributed by atoms with Crippen molar-refractivity contribution in [2.24, 2.45) is 5.73 Å². The highest BCUT2D eigenvalue weighted by atomic mass is 35.5. The van der Waals surface area contributed by atoms with E-state index >= 15 is 0 Å². The molecular weight excluding hydrogens is 518 g/mol. The summed E-state index contributed by atoms with van der Waals surface area (Å²) < 4.78 is 0. The van der Waals surface area contributed by atoms with E-state index in [2.05, 4.69) is 10.6 Å². The molecule has 38 heavy (non-hydrogen) atoms. The molecule has 3 atom stereocenters. The van der Waals surface area contributed by atoms with Crippen LogP contribution in [0.5, 0.6) is 0 Å². The SMILES string of the molecule is NCCCCCN(O)C(=O)CCC(=O)N[C@@H](C(=O)N[C@@H]1C(=O)N2C(C(=O)O)=C(Cl)CC[C@H]12)c1ccccc1. The minimum absolute atomic E-state index is 0.0767. The quantitative estimate of drug-likeness (QED) is 0.104. The number of rotatable bonds is 13. The van der Waals surface area contributed by atoms with Crippen molar-refractivity contribution in [2.45, 2.75) is 63.1 Å². The number of fused-ring (bicyclic) bond motifs is 1. The van der Waals surface area contributed by atoms with Gasteiger partial charge in [0.05, 0.1) is 6.04 Å². The number of hydrogen-bond acceptors (Lipinski definition) is 7. The Hall–Kier alpha value is -3.48. The van der Waals surface area contributed by atoms with Crippen LogP contribution in [0, 0.1) is 0 Å². The van der Waals surface area contributed by atoms with Crippen molar-refractivity contribution in [1.82, 2.24) is 20.6 Å². The largest absolute Gasteiger partial charge is 0.477 e. The molecule has 0 radical (unpaired) electrons. The van der Waals surface area contributed by atoms with Crippen molar-refractivity contribution < 1.29 is 34.3 Å². The molecule has 1 aromatic rings. The Labute approximate surface area is 224 Å². The third-order valence-corrected chi connectivity index (χ3v) is 6.87. The molecule has 0 bridgehead atoms. The lowest BCUT2D eigenvalue weighted by molar-refractivity contribution is -0.166. The fourth-order valence-corrected chi connectivity index (χ4v) is 4.77. The number of unbranched alkanes of at least 4 members (excludes halogenated alkanes) is 2. The molecule has 3 rings (SSSR count). The van der Waals surface area contributed by atoms with Crippen LogP contribution in [0.15, 0.2) is 41.1 Å². The zero-order chi connectivity index (χ0) is 27.8. The van der Waals surface area contributed by atoms with Gasteiger partial charge in [-0.1, -0.05) is 48.4 Å². The van der Waals surface area contributed by atoms with Crippen LogP contribution in [-0.2, 0) is 24.0 Å². The second-order valence-electron chi connectivity index (χ2n) is 9.14. The van der Waals surface area contributed by atoms with Crippen molar-refractivity contribution in [3.8, 4) is 0 Å². The number of hydroxylamine groups is 2. The molecule has 12 nitrogen and oxygen atoms in total. The van der Waals surface area contributed by atoms with Crippen LogP contribution in [-0.4, -0.2) is 75.0 Å². The fraction of sp³-hybridized carbons (Fsp3) is 0.480. The van der Waals surface area contributed by atoms with Gasteiger partial charge in [0.1, 0.15) is 17.8 Å².